The molecule has 4 nitrogen and oxygen atoms in total. The molecule has 0 fully saturated rings. The standard InChI is InChI=1S/C19H17BrN2O2/c1-3-16-17(19(23)24)18(13-9-7-12(2)8-10-13)21-22(16)15-6-4-5-14(20)11-15/h4-11H,3H2,1-2H3,(H,23,24). The zero-order valence-corrected chi connectivity index (χ0v) is 15.0. The van der Waals surface area contributed by atoms with Crippen molar-refractivity contribution in [2.75, 3.05) is 0 Å². The van der Waals surface area contributed by atoms with Crippen molar-refractivity contribution in [2.45, 2.75) is 20.3 Å². The molecule has 24 heavy (non-hydrogen) atoms. The van der Waals surface area contributed by atoms with Crippen LogP contribution >= 0.6 is 15.9 Å². The van der Waals surface area contributed by atoms with Gasteiger partial charge in [0.05, 0.1) is 11.4 Å². The molecule has 0 saturated heterocycles. The minimum Gasteiger partial charge on any atom is -0.478 e. The maximum Gasteiger partial charge on any atom is 0.339 e. The van der Waals surface area contributed by atoms with E-state index in [2.05, 4.69) is 21.0 Å². The van der Waals surface area contributed by atoms with Gasteiger partial charge in [0.2, 0.25) is 0 Å². The predicted octanol–water partition coefficient (Wildman–Crippen LogP) is 4.87. The van der Waals surface area contributed by atoms with E-state index in [1.54, 1.807) is 4.68 Å². The van der Waals surface area contributed by atoms with E-state index in [4.69, 9.17) is 0 Å². The summed E-state index contributed by atoms with van der Waals surface area (Å²) >= 11 is 3.46. The number of halogens is 1. The maximum absolute atomic E-state index is 11.9. The lowest BCUT2D eigenvalue weighted by atomic mass is 10.0. The fourth-order valence-electron chi connectivity index (χ4n) is 2.74. The molecule has 5 heteroatoms. The molecule has 3 rings (SSSR count). The third-order valence-corrected chi connectivity index (χ3v) is 4.40. The second kappa shape index (κ2) is 6.61. The second-order valence-electron chi connectivity index (χ2n) is 5.59. The van der Waals surface area contributed by atoms with E-state index in [1.165, 1.54) is 0 Å². The van der Waals surface area contributed by atoms with Gasteiger partial charge in [0.25, 0.3) is 0 Å². The van der Waals surface area contributed by atoms with Crippen molar-refractivity contribution in [3.05, 3.63) is 69.8 Å². The fraction of sp³-hybridized carbons (Fsp3) is 0.158. The van der Waals surface area contributed by atoms with Crippen LogP contribution in [0.5, 0.6) is 0 Å². The van der Waals surface area contributed by atoms with Crippen molar-refractivity contribution in [3.8, 4) is 16.9 Å². The molecular weight excluding hydrogens is 368 g/mol. The first-order chi connectivity index (χ1) is 11.5. The van der Waals surface area contributed by atoms with Gasteiger partial charge in [0, 0.05) is 10.0 Å². The molecule has 0 unspecified atom stereocenters. The highest BCUT2D eigenvalue weighted by Crippen LogP contribution is 2.29. The summed E-state index contributed by atoms with van der Waals surface area (Å²) in [6.45, 7) is 3.94. The van der Waals surface area contributed by atoms with Gasteiger partial charge in [0.15, 0.2) is 0 Å². The lowest BCUT2D eigenvalue weighted by molar-refractivity contribution is 0.0696. The van der Waals surface area contributed by atoms with E-state index >= 15 is 0 Å². The van der Waals surface area contributed by atoms with Crippen molar-refractivity contribution in [2.24, 2.45) is 0 Å². The van der Waals surface area contributed by atoms with E-state index in [0.29, 0.717) is 17.8 Å². The van der Waals surface area contributed by atoms with Crippen LogP contribution in [0.1, 0.15) is 28.5 Å². The number of carboxylic acids is 1. The molecule has 0 bridgehead atoms. The third-order valence-electron chi connectivity index (χ3n) is 3.91. The summed E-state index contributed by atoms with van der Waals surface area (Å²) in [6.07, 6.45) is 0.576. The second-order valence-corrected chi connectivity index (χ2v) is 6.50. The number of aryl methyl sites for hydroxylation is 1. The molecule has 0 amide bonds. The first-order valence-corrected chi connectivity index (χ1v) is 8.48. The van der Waals surface area contributed by atoms with Crippen LogP contribution in [0.15, 0.2) is 53.0 Å². The number of hydrogen-bond acceptors (Lipinski definition) is 2. The highest BCUT2D eigenvalue weighted by molar-refractivity contribution is 9.10. The van der Waals surface area contributed by atoms with Crippen LogP contribution in [-0.2, 0) is 6.42 Å². The molecule has 3 aromatic rings. The Balaban J connectivity index is 2.26. The van der Waals surface area contributed by atoms with Crippen LogP contribution in [0.2, 0.25) is 0 Å². The van der Waals surface area contributed by atoms with Gasteiger partial charge in [0.1, 0.15) is 11.3 Å². The van der Waals surface area contributed by atoms with E-state index < -0.39 is 5.97 Å². The lowest BCUT2D eigenvalue weighted by Crippen LogP contribution is -2.05. The number of benzene rings is 2. The van der Waals surface area contributed by atoms with Gasteiger partial charge in [-0.1, -0.05) is 58.7 Å². The van der Waals surface area contributed by atoms with Crippen LogP contribution in [0.4, 0.5) is 0 Å². The fourth-order valence-corrected chi connectivity index (χ4v) is 3.13. The minimum atomic E-state index is -0.955. The maximum atomic E-state index is 11.9. The summed E-state index contributed by atoms with van der Waals surface area (Å²) in [6, 6.07) is 15.4. The Kier molecular flexibility index (Phi) is 4.53. The Morgan fingerprint density at radius 2 is 1.92 bits per heavy atom. The molecule has 1 N–H and O–H groups in total. The molecule has 1 aromatic heterocycles. The Hall–Kier alpha value is -2.40. The first-order valence-electron chi connectivity index (χ1n) is 7.69. The topological polar surface area (TPSA) is 55.1 Å². The average molecular weight is 385 g/mol. The lowest BCUT2D eigenvalue weighted by Gasteiger charge is -2.06. The number of carboxylic acid groups (broad SMARTS) is 1. The van der Waals surface area contributed by atoms with Crippen molar-refractivity contribution < 1.29 is 9.90 Å². The molecule has 1 heterocycles. The van der Waals surface area contributed by atoms with Gasteiger partial charge in [-0.3, -0.25) is 0 Å². The number of rotatable bonds is 4. The van der Waals surface area contributed by atoms with Crippen LogP contribution in [0.3, 0.4) is 0 Å². The molecular formula is C19H17BrN2O2. The molecule has 0 aliphatic rings. The molecule has 0 saturated carbocycles. The summed E-state index contributed by atoms with van der Waals surface area (Å²) in [5, 5.41) is 14.4. The molecule has 0 radical (unpaired) electrons. The highest BCUT2D eigenvalue weighted by atomic mass is 79.9. The normalized spacial score (nSPS) is 10.8. The number of nitrogens with zero attached hydrogens (tertiary/aromatic N) is 2. The third kappa shape index (κ3) is 2.99. The quantitative estimate of drug-likeness (QED) is 0.697. The summed E-state index contributed by atoms with van der Waals surface area (Å²) in [5.74, 6) is -0.955. The Labute approximate surface area is 148 Å². The SMILES string of the molecule is CCc1c(C(=O)O)c(-c2ccc(C)cc2)nn1-c1cccc(Br)c1. The first kappa shape index (κ1) is 16.5. The molecule has 0 aliphatic heterocycles. The Bertz CT molecular complexity index is 898. The van der Waals surface area contributed by atoms with Gasteiger partial charge in [-0.15, -0.1) is 0 Å². The molecule has 122 valence electrons. The smallest absolute Gasteiger partial charge is 0.339 e. The molecule has 0 aliphatic carbocycles. The molecule has 2 aromatic carbocycles. The zero-order valence-electron chi connectivity index (χ0n) is 13.5. The number of hydrogen-bond donors (Lipinski definition) is 1. The van der Waals surface area contributed by atoms with Crippen molar-refractivity contribution in [1.29, 1.82) is 0 Å². The van der Waals surface area contributed by atoms with Crippen LogP contribution in [-0.4, -0.2) is 20.9 Å². The average Bonchev–Trinajstić information content (AvgIpc) is 2.95. The van der Waals surface area contributed by atoms with E-state index in [1.807, 2.05) is 62.4 Å². The Morgan fingerprint density at radius 1 is 1.21 bits per heavy atom. The van der Waals surface area contributed by atoms with Gasteiger partial charge in [-0.05, 0) is 31.5 Å². The highest BCUT2D eigenvalue weighted by Gasteiger charge is 2.24. The monoisotopic (exact) mass is 384 g/mol. The van der Waals surface area contributed by atoms with E-state index in [0.717, 1.165) is 21.3 Å². The Morgan fingerprint density at radius 3 is 2.50 bits per heavy atom. The molecule has 0 spiro atoms. The minimum absolute atomic E-state index is 0.265. The van der Waals surface area contributed by atoms with Gasteiger partial charge in [-0.2, -0.15) is 5.10 Å². The largest absolute Gasteiger partial charge is 0.478 e. The van der Waals surface area contributed by atoms with Crippen LogP contribution in [0, 0.1) is 6.92 Å². The summed E-state index contributed by atoms with van der Waals surface area (Å²) in [5.41, 5.74) is 4.22. The van der Waals surface area contributed by atoms with Crippen molar-refractivity contribution >= 4 is 21.9 Å². The number of carbonyl (C=O) groups is 1. The van der Waals surface area contributed by atoms with E-state index in [9.17, 15) is 9.90 Å². The van der Waals surface area contributed by atoms with E-state index in [-0.39, 0.29) is 5.56 Å². The number of aromatic nitrogens is 2. The van der Waals surface area contributed by atoms with Crippen molar-refractivity contribution in [1.82, 2.24) is 9.78 Å². The van der Waals surface area contributed by atoms with Gasteiger partial charge in [-0.25, -0.2) is 9.48 Å². The summed E-state index contributed by atoms with van der Waals surface area (Å²) in [7, 11) is 0. The van der Waals surface area contributed by atoms with Crippen LogP contribution in [0.25, 0.3) is 16.9 Å². The van der Waals surface area contributed by atoms with Crippen molar-refractivity contribution in [3.63, 3.8) is 0 Å². The summed E-state index contributed by atoms with van der Waals surface area (Å²) in [4.78, 5) is 11.9. The van der Waals surface area contributed by atoms with Crippen LogP contribution < -0.4 is 0 Å². The zero-order chi connectivity index (χ0) is 17.3. The predicted molar refractivity (Wildman–Crippen MR) is 97.8 cm³/mol. The summed E-state index contributed by atoms with van der Waals surface area (Å²) < 4.78 is 2.65. The van der Waals surface area contributed by atoms with Gasteiger partial charge < -0.3 is 5.11 Å². The molecule has 0 atom stereocenters. The van der Waals surface area contributed by atoms with Gasteiger partial charge >= 0.3 is 5.97 Å². The number of aromatic carboxylic acids is 1.